The van der Waals surface area contributed by atoms with Gasteiger partial charge in [0.05, 0.1) is 11.5 Å². The summed E-state index contributed by atoms with van der Waals surface area (Å²) in [7, 11) is 0. The van der Waals surface area contributed by atoms with Gasteiger partial charge in [0.15, 0.2) is 0 Å². The smallest absolute Gasteiger partial charge is 0.270 e. The molecule has 0 aliphatic heterocycles. The van der Waals surface area contributed by atoms with E-state index in [0.717, 1.165) is 30.0 Å². The monoisotopic (exact) mass is 312 g/mol. The highest BCUT2D eigenvalue weighted by Crippen LogP contribution is 2.24. The lowest BCUT2D eigenvalue weighted by atomic mass is 10.1. The Kier molecular flexibility index (Phi) is 8.15. The largest absolute Gasteiger partial charge is 0.493 e. The summed E-state index contributed by atoms with van der Waals surface area (Å²) in [6, 6.07) is 4.79. The van der Waals surface area contributed by atoms with Gasteiger partial charge in [-0.2, -0.15) is 11.8 Å². The Morgan fingerprint density at radius 3 is 2.81 bits per heavy atom. The van der Waals surface area contributed by atoms with Crippen molar-refractivity contribution >= 4 is 17.4 Å². The number of nitro groups is 1. The van der Waals surface area contributed by atoms with Crippen LogP contribution in [0.25, 0.3) is 0 Å². The molecule has 21 heavy (non-hydrogen) atoms. The summed E-state index contributed by atoms with van der Waals surface area (Å²) in [5.41, 5.74) is 0.946. The number of nitrogens with zero attached hydrogens (tertiary/aromatic N) is 1. The Bertz CT molecular complexity index is 453. The third-order valence-corrected chi connectivity index (χ3v) is 3.57. The molecule has 0 fully saturated rings. The third kappa shape index (κ3) is 6.82. The van der Waals surface area contributed by atoms with Gasteiger partial charge in [0.25, 0.3) is 5.69 Å². The molecule has 0 saturated carbocycles. The molecule has 0 aliphatic carbocycles. The van der Waals surface area contributed by atoms with Crippen molar-refractivity contribution < 1.29 is 9.66 Å². The summed E-state index contributed by atoms with van der Waals surface area (Å²) < 4.78 is 5.76. The molecular formula is C15H24N2O3S. The molecule has 0 atom stereocenters. The lowest BCUT2D eigenvalue weighted by molar-refractivity contribution is -0.384. The van der Waals surface area contributed by atoms with Crippen molar-refractivity contribution in [3.05, 3.63) is 33.9 Å². The molecule has 0 saturated heterocycles. The van der Waals surface area contributed by atoms with Crippen LogP contribution in [0, 0.1) is 16.0 Å². The number of hydrogen-bond donors (Lipinski definition) is 1. The Hall–Kier alpha value is -1.27. The van der Waals surface area contributed by atoms with Gasteiger partial charge >= 0.3 is 0 Å². The van der Waals surface area contributed by atoms with E-state index in [0.29, 0.717) is 19.1 Å². The molecule has 6 heteroatoms. The van der Waals surface area contributed by atoms with Crippen LogP contribution < -0.4 is 10.1 Å². The van der Waals surface area contributed by atoms with Gasteiger partial charge in [-0.25, -0.2) is 0 Å². The van der Waals surface area contributed by atoms with E-state index in [1.54, 1.807) is 23.9 Å². The maximum absolute atomic E-state index is 10.9. The van der Waals surface area contributed by atoms with Crippen LogP contribution in [0.2, 0.25) is 0 Å². The van der Waals surface area contributed by atoms with E-state index in [4.69, 9.17) is 4.74 Å². The Morgan fingerprint density at radius 2 is 2.19 bits per heavy atom. The van der Waals surface area contributed by atoms with Gasteiger partial charge < -0.3 is 10.1 Å². The van der Waals surface area contributed by atoms with E-state index in [1.807, 2.05) is 0 Å². The maximum atomic E-state index is 10.9. The van der Waals surface area contributed by atoms with Crippen LogP contribution in [0.4, 0.5) is 5.69 Å². The molecule has 0 heterocycles. The van der Waals surface area contributed by atoms with E-state index in [2.05, 4.69) is 25.4 Å². The Balaban J connectivity index is 2.71. The Labute approximate surface area is 130 Å². The van der Waals surface area contributed by atoms with Gasteiger partial charge in [-0.05, 0) is 37.0 Å². The molecule has 0 amide bonds. The van der Waals surface area contributed by atoms with Crippen molar-refractivity contribution in [3.8, 4) is 5.75 Å². The van der Waals surface area contributed by atoms with E-state index >= 15 is 0 Å². The van der Waals surface area contributed by atoms with Crippen LogP contribution in [-0.2, 0) is 6.54 Å². The molecule has 0 aliphatic rings. The highest BCUT2D eigenvalue weighted by Gasteiger charge is 2.11. The molecule has 0 bridgehead atoms. The van der Waals surface area contributed by atoms with Gasteiger partial charge in [-0.1, -0.05) is 13.8 Å². The minimum absolute atomic E-state index is 0.104. The van der Waals surface area contributed by atoms with Crippen molar-refractivity contribution in [1.82, 2.24) is 5.32 Å². The minimum atomic E-state index is -0.372. The van der Waals surface area contributed by atoms with Crippen LogP contribution in [0.1, 0.15) is 25.8 Å². The molecule has 0 unspecified atom stereocenters. The molecule has 1 aromatic rings. The first-order valence-corrected chi connectivity index (χ1v) is 8.53. The predicted molar refractivity (Wildman–Crippen MR) is 88.1 cm³/mol. The fourth-order valence-electron chi connectivity index (χ4n) is 1.84. The fourth-order valence-corrected chi connectivity index (χ4v) is 2.25. The van der Waals surface area contributed by atoms with E-state index in [1.165, 1.54) is 6.07 Å². The summed E-state index contributed by atoms with van der Waals surface area (Å²) in [6.07, 6.45) is 3.03. The summed E-state index contributed by atoms with van der Waals surface area (Å²) in [5.74, 6) is 2.32. The molecule has 0 radical (unpaired) electrons. The lowest BCUT2D eigenvalue weighted by Gasteiger charge is -2.13. The quantitative estimate of drug-likeness (QED) is 0.407. The summed E-state index contributed by atoms with van der Waals surface area (Å²) in [4.78, 5) is 10.5. The molecule has 5 nitrogen and oxygen atoms in total. The van der Waals surface area contributed by atoms with Crippen LogP contribution in [0.3, 0.4) is 0 Å². The second kappa shape index (κ2) is 9.63. The summed E-state index contributed by atoms with van der Waals surface area (Å²) in [6.45, 7) is 6.34. The number of non-ortho nitro benzene ring substituents is 1. The lowest BCUT2D eigenvalue weighted by Crippen LogP contribution is -2.19. The number of hydrogen-bond acceptors (Lipinski definition) is 5. The number of nitrogens with one attached hydrogen (secondary N) is 1. The highest BCUT2D eigenvalue weighted by atomic mass is 32.2. The van der Waals surface area contributed by atoms with Crippen LogP contribution in [0.15, 0.2) is 18.2 Å². The second-order valence-corrected chi connectivity index (χ2v) is 6.25. The van der Waals surface area contributed by atoms with Crippen molar-refractivity contribution in [1.29, 1.82) is 0 Å². The molecule has 0 aromatic heterocycles. The molecule has 0 spiro atoms. The normalized spacial score (nSPS) is 10.9. The minimum Gasteiger partial charge on any atom is -0.493 e. The third-order valence-electron chi connectivity index (χ3n) is 2.87. The Morgan fingerprint density at radius 1 is 1.43 bits per heavy atom. The zero-order chi connectivity index (χ0) is 15.7. The van der Waals surface area contributed by atoms with Crippen LogP contribution in [0.5, 0.6) is 5.75 Å². The number of thioether (sulfide) groups is 1. The van der Waals surface area contributed by atoms with Gasteiger partial charge in [0.1, 0.15) is 5.75 Å². The van der Waals surface area contributed by atoms with Crippen molar-refractivity contribution in [2.24, 2.45) is 5.92 Å². The first kappa shape index (κ1) is 17.8. The average Bonchev–Trinajstić information content (AvgIpc) is 2.44. The van der Waals surface area contributed by atoms with Gasteiger partial charge in [-0.3, -0.25) is 10.1 Å². The fraction of sp³-hybridized carbons (Fsp3) is 0.600. The van der Waals surface area contributed by atoms with Gasteiger partial charge in [0.2, 0.25) is 0 Å². The average molecular weight is 312 g/mol. The first-order chi connectivity index (χ1) is 10.0. The van der Waals surface area contributed by atoms with Crippen LogP contribution in [-0.4, -0.2) is 30.1 Å². The maximum Gasteiger partial charge on any atom is 0.270 e. The van der Waals surface area contributed by atoms with Crippen molar-refractivity contribution in [2.75, 3.05) is 25.2 Å². The number of ether oxygens (including phenoxy) is 1. The van der Waals surface area contributed by atoms with Crippen molar-refractivity contribution in [3.63, 3.8) is 0 Å². The van der Waals surface area contributed by atoms with Crippen molar-refractivity contribution in [2.45, 2.75) is 26.8 Å². The van der Waals surface area contributed by atoms with Gasteiger partial charge in [-0.15, -0.1) is 0 Å². The molecular weight excluding hydrogens is 288 g/mol. The molecule has 1 rings (SSSR count). The molecule has 1 N–H and O–H groups in total. The number of benzene rings is 1. The summed E-state index contributed by atoms with van der Waals surface area (Å²) in [5, 5.41) is 14.2. The zero-order valence-corrected chi connectivity index (χ0v) is 13.7. The highest BCUT2D eigenvalue weighted by molar-refractivity contribution is 7.98. The van der Waals surface area contributed by atoms with E-state index in [9.17, 15) is 10.1 Å². The molecule has 1 aromatic carbocycles. The summed E-state index contributed by atoms with van der Waals surface area (Å²) >= 11 is 1.78. The predicted octanol–water partition coefficient (Wildman–Crippen LogP) is 3.47. The number of nitro benzene ring substituents is 1. The number of rotatable bonds is 10. The SMILES string of the molecule is CSCCCOc1ccc([N+](=O)[O-])cc1CNCC(C)C. The van der Waals surface area contributed by atoms with Crippen LogP contribution >= 0.6 is 11.8 Å². The first-order valence-electron chi connectivity index (χ1n) is 7.14. The topological polar surface area (TPSA) is 64.4 Å². The standard InChI is InChI=1S/C15H24N2O3S/c1-12(2)10-16-11-13-9-14(17(18)19)5-6-15(13)20-7-4-8-21-3/h5-6,9,12,16H,4,7-8,10-11H2,1-3H3. The second-order valence-electron chi connectivity index (χ2n) is 5.27. The van der Waals surface area contributed by atoms with E-state index in [-0.39, 0.29) is 10.6 Å². The van der Waals surface area contributed by atoms with Gasteiger partial charge in [0, 0.05) is 24.2 Å². The van der Waals surface area contributed by atoms with E-state index < -0.39 is 0 Å². The molecule has 118 valence electrons. The zero-order valence-electron chi connectivity index (χ0n) is 12.9.